The fourth-order valence-electron chi connectivity index (χ4n) is 0.903. The van der Waals surface area contributed by atoms with Gasteiger partial charge in [0.1, 0.15) is 0 Å². The van der Waals surface area contributed by atoms with Crippen LogP contribution in [0.15, 0.2) is 3.79 Å². The van der Waals surface area contributed by atoms with Gasteiger partial charge in [-0.1, -0.05) is 0 Å². The molecule has 0 unspecified atom stereocenters. The van der Waals surface area contributed by atoms with E-state index in [9.17, 15) is 0 Å². The van der Waals surface area contributed by atoms with Crippen LogP contribution in [0.1, 0.15) is 29.5 Å². The van der Waals surface area contributed by atoms with Crippen molar-refractivity contribution in [1.29, 1.82) is 0 Å². The summed E-state index contributed by atoms with van der Waals surface area (Å²) in [5.74, 6) is 0.801. The highest BCUT2D eigenvalue weighted by molar-refractivity contribution is 9.11. The molecule has 1 aromatic heterocycles. The number of hydrogen-bond donors (Lipinski definition) is 0. The van der Waals surface area contributed by atoms with E-state index in [0.29, 0.717) is 0 Å². The van der Waals surface area contributed by atoms with E-state index in [1.54, 1.807) is 11.3 Å². The van der Waals surface area contributed by atoms with Crippen molar-refractivity contribution < 1.29 is 0 Å². The summed E-state index contributed by atoms with van der Waals surface area (Å²) in [6.45, 7) is 2.05. The highest BCUT2D eigenvalue weighted by Gasteiger charge is 2.27. The summed E-state index contributed by atoms with van der Waals surface area (Å²) < 4.78 is 1.20. The molecule has 1 fully saturated rings. The monoisotopic (exact) mass is 217 g/mol. The van der Waals surface area contributed by atoms with E-state index >= 15 is 0 Å². The molecule has 0 atom stereocenters. The van der Waals surface area contributed by atoms with E-state index in [-0.39, 0.29) is 0 Å². The van der Waals surface area contributed by atoms with Crippen molar-refractivity contribution in [1.82, 2.24) is 4.98 Å². The first-order chi connectivity index (χ1) is 4.77. The van der Waals surface area contributed by atoms with Gasteiger partial charge >= 0.3 is 0 Å². The highest BCUT2D eigenvalue weighted by Crippen LogP contribution is 2.43. The lowest BCUT2D eigenvalue weighted by Crippen LogP contribution is -1.75. The van der Waals surface area contributed by atoms with Gasteiger partial charge < -0.3 is 0 Å². The zero-order valence-electron chi connectivity index (χ0n) is 5.72. The van der Waals surface area contributed by atoms with E-state index < -0.39 is 0 Å². The van der Waals surface area contributed by atoms with Gasteiger partial charge in [-0.15, -0.1) is 11.3 Å². The van der Waals surface area contributed by atoms with Crippen LogP contribution >= 0.6 is 27.3 Å². The second-order valence-corrected chi connectivity index (χ2v) is 5.03. The van der Waals surface area contributed by atoms with Crippen molar-refractivity contribution in [2.45, 2.75) is 25.7 Å². The molecular weight excluding hydrogens is 210 g/mol. The quantitative estimate of drug-likeness (QED) is 0.705. The molecule has 0 aromatic carbocycles. The maximum Gasteiger partial charge on any atom is 0.0970 e. The Morgan fingerprint density at radius 3 is 2.70 bits per heavy atom. The van der Waals surface area contributed by atoms with Gasteiger partial charge in [0.25, 0.3) is 0 Å². The van der Waals surface area contributed by atoms with Crippen LogP contribution in [0, 0.1) is 6.92 Å². The molecule has 1 aliphatic rings. The van der Waals surface area contributed by atoms with Crippen LogP contribution in [0.2, 0.25) is 0 Å². The minimum atomic E-state index is 0.801. The molecule has 0 saturated heterocycles. The lowest BCUT2D eigenvalue weighted by molar-refractivity contribution is 1.05. The van der Waals surface area contributed by atoms with E-state index in [1.807, 2.05) is 6.92 Å². The molecule has 0 amide bonds. The Balaban J connectivity index is 2.34. The van der Waals surface area contributed by atoms with E-state index in [1.165, 1.54) is 21.6 Å². The summed E-state index contributed by atoms with van der Waals surface area (Å²) in [7, 11) is 0. The number of aryl methyl sites for hydroxylation is 1. The number of halogens is 1. The number of rotatable bonds is 1. The van der Waals surface area contributed by atoms with Crippen LogP contribution in [-0.2, 0) is 0 Å². The minimum Gasteiger partial charge on any atom is -0.245 e. The van der Waals surface area contributed by atoms with Crippen molar-refractivity contribution in [3.05, 3.63) is 14.5 Å². The molecule has 1 saturated carbocycles. The van der Waals surface area contributed by atoms with Crippen LogP contribution in [0.25, 0.3) is 0 Å². The van der Waals surface area contributed by atoms with E-state index in [2.05, 4.69) is 20.9 Å². The van der Waals surface area contributed by atoms with Gasteiger partial charge in [-0.25, -0.2) is 4.98 Å². The standard InChI is InChI=1S/C7H8BrNS/c1-4-6(8)10-7(9-4)5-2-3-5/h5H,2-3H2,1H3. The maximum atomic E-state index is 4.44. The predicted molar refractivity (Wildman–Crippen MR) is 46.5 cm³/mol. The molecule has 1 aromatic rings. The second kappa shape index (κ2) is 2.31. The van der Waals surface area contributed by atoms with Crippen molar-refractivity contribution in [3.63, 3.8) is 0 Å². The summed E-state index contributed by atoms with van der Waals surface area (Å²) >= 11 is 5.26. The molecule has 0 aliphatic heterocycles. The third-order valence-electron chi connectivity index (χ3n) is 1.68. The maximum absolute atomic E-state index is 4.44. The van der Waals surface area contributed by atoms with Crippen LogP contribution < -0.4 is 0 Å². The Labute approximate surface area is 72.6 Å². The van der Waals surface area contributed by atoms with Gasteiger partial charge in [0.05, 0.1) is 14.5 Å². The molecule has 1 aliphatic carbocycles. The van der Waals surface area contributed by atoms with Crippen molar-refractivity contribution in [2.24, 2.45) is 0 Å². The van der Waals surface area contributed by atoms with Gasteiger partial charge in [-0.2, -0.15) is 0 Å². The lowest BCUT2D eigenvalue weighted by Gasteiger charge is -1.82. The zero-order valence-corrected chi connectivity index (χ0v) is 8.13. The predicted octanol–water partition coefficient (Wildman–Crippen LogP) is 3.09. The largest absolute Gasteiger partial charge is 0.245 e. The molecule has 54 valence electrons. The molecule has 0 spiro atoms. The van der Waals surface area contributed by atoms with Gasteiger partial charge in [0, 0.05) is 5.92 Å². The normalized spacial score (nSPS) is 17.8. The lowest BCUT2D eigenvalue weighted by atomic mass is 10.4. The minimum absolute atomic E-state index is 0.801. The van der Waals surface area contributed by atoms with Crippen molar-refractivity contribution in [3.8, 4) is 0 Å². The Kier molecular flexibility index (Phi) is 1.57. The first-order valence-electron chi connectivity index (χ1n) is 3.40. The molecular formula is C7H8BrNS. The van der Waals surface area contributed by atoms with Crippen molar-refractivity contribution in [2.75, 3.05) is 0 Å². The average molecular weight is 218 g/mol. The SMILES string of the molecule is Cc1nc(C2CC2)sc1Br. The molecule has 1 heterocycles. The number of aromatic nitrogens is 1. The van der Waals surface area contributed by atoms with E-state index in [0.717, 1.165) is 11.6 Å². The Bertz CT molecular complexity index is 233. The van der Waals surface area contributed by atoms with Crippen LogP contribution in [-0.4, -0.2) is 4.98 Å². The molecule has 0 bridgehead atoms. The van der Waals surface area contributed by atoms with Gasteiger partial charge in [0.2, 0.25) is 0 Å². The average Bonchev–Trinajstić information content (AvgIpc) is 2.64. The first-order valence-corrected chi connectivity index (χ1v) is 5.01. The Morgan fingerprint density at radius 2 is 2.30 bits per heavy atom. The van der Waals surface area contributed by atoms with Gasteiger partial charge in [-0.3, -0.25) is 0 Å². The molecule has 1 nitrogen and oxygen atoms in total. The molecule has 3 heteroatoms. The van der Waals surface area contributed by atoms with Crippen molar-refractivity contribution >= 4 is 27.3 Å². The summed E-state index contributed by atoms with van der Waals surface area (Å²) in [5, 5.41) is 1.32. The summed E-state index contributed by atoms with van der Waals surface area (Å²) in [5.41, 5.74) is 1.15. The molecule has 0 N–H and O–H groups in total. The van der Waals surface area contributed by atoms with Crippen LogP contribution in [0.3, 0.4) is 0 Å². The van der Waals surface area contributed by atoms with Crippen LogP contribution in [0.5, 0.6) is 0 Å². The Morgan fingerprint density at radius 1 is 1.60 bits per heavy atom. The highest BCUT2D eigenvalue weighted by atomic mass is 79.9. The summed E-state index contributed by atoms with van der Waals surface area (Å²) in [4.78, 5) is 4.44. The molecule has 2 rings (SSSR count). The molecule has 10 heavy (non-hydrogen) atoms. The third kappa shape index (κ3) is 1.12. The fourth-order valence-corrected chi connectivity index (χ4v) is 2.45. The zero-order chi connectivity index (χ0) is 7.14. The van der Waals surface area contributed by atoms with Gasteiger partial charge in [0.15, 0.2) is 0 Å². The summed E-state index contributed by atoms with van der Waals surface area (Å²) in [6, 6.07) is 0. The first kappa shape index (κ1) is 6.80. The number of hydrogen-bond acceptors (Lipinski definition) is 2. The summed E-state index contributed by atoms with van der Waals surface area (Å²) in [6.07, 6.45) is 2.69. The second-order valence-electron chi connectivity index (χ2n) is 2.69. The smallest absolute Gasteiger partial charge is 0.0970 e. The molecule has 0 radical (unpaired) electrons. The van der Waals surface area contributed by atoms with Gasteiger partial charge in [-0.05, 0) is 35.7 Å². The number of thiazole rings is 1. The third-order valence-corrected chi connectivity index (χ3v) is 3.85. The number of nitrogens with zero attached hydrogens (tertiary/aromatic N) is 1. The Hall–Kier alpha value is 0.110. The topological polar surface area (TPSA) is 12.9 Å². The fraction of sp³-hybridized carbons (Fsp3) is 0.571. The van der Waals surface area contributed by atoms with Crippen LogP contribution in [0.4, 0.5) is 0 Å². The van der Waals surface area contributed by atoms with E-state index in [4.69, 9.17) is 0 Å².